The maximum absolute atomic E-state index is 10.3. The summed E-state index contributed by atoms with van der Waals surface area (Å²) in [6.07, 6.45) is 1.00. The second kappa shape index (κ2) is 9.61. The zero-order chi connectivity index (χ0) is 18.2. The predicted molar refractivity (Wildman–Crippen MR) is 103 cm³/mol. The number of pyridine rings is 1. The van der Waals surface area contributed by atoms with Gasteiger partial charge < -0.3 is 15.7 Å². The zero-order valence-electron chi connectivity index (χ0n) is 14.3. The summed E-state index contributed by atoms with van der Waals surface area (Å²) in [5.41, 5.74) is 2.67. The van der Waals surface area contributed by atoms with Crippen molar-refractivity contribution in [2.45, 2.75) is 26.5 Å². The number of nitrogens with one attached hydrogen (secondary N) is 2. The molecule has 3 N–H and O–H groups in total. The second-order valence-corrected chi connectivity index (χ2v) is 6.43. The molecule has 0 amide bonds. The number of rotatable bonds is 6. The van der Waals surface area contributed by atoms with Crippen molar-refractivity contribution in [2.75, 3.05) is 13.1 Å². The number of halogens is 2. The van der Waals surface area contributed by atoms with Crippen LogP contribution in [0.25, 0.3) is 0 Å². The zero-order valence-corrected chi connectivity index (χ0v) is 15.8. The molecule has 0 aliphatic heterocycles. The number of hydrogen-bond acceptors (Lipinski definition) is 3. The fourth-order valence-corrected chi connectivity index (χ4v) is 2.80. The van der Waals surface area contributed by atoms with Crippen LogP contribution in [0, 0.1) is 6.92 Å². The molecular formula is C18H22Cl2N4O. The van der Waals surface area contributed by atoms with E-state index in [9.17, 15) is 5.11 Å². The highest BCUT2D eigenvalue weighted by Crippen LogP contribution is 2.23. The SMILES string of the molecule is CCNC(=NCc1ncccc1C)NCC(O)c1cc(Cl)cc(Cl)c1. The number of nitrogens with zero attached hydrogens (tertiary/aromatic N) is 2. The van der Waals surface area contributed by atoms with Crippen LogP contribution in [0.5, 0.6) is 0 Å². The minimum absolute atomic E-state index is 0.281. The highest BCUT2D eigenvalue weighted by atomic mass is 35.5. The summed E-state index contributed by atoms with van der Waals surface area (Å²) in [7, 11) is 0. The van der Waals surface area contributed by atoms with Gasteiger partial charge >= 0.3 is 0 Å². The minimum Gasteiger partial charge on any atom is -0.387 e. The van der Waals surface area contributed by atoms with E-state index in [1.807, 2.05) is 26.0 Å². The van der Waals surface area contributed by atoms with Gasteiger partial charge in [0.05, 0.1) is 18.3 Å². The third-order valence-electron chi connectivity index (χ3n) is 3.58. The molecule has 0 radical (unpaired) electrons. The van der Waals surface area contributed by atoms with Gasteiger partial charge in [-0.25, -0.2) is 4.99 Å². The molecule has 2 aromatic rings. The Labute approximate surface area is 158 Å². The molecule has 1 atom stereocenters. The van der Waals surface area contributed by atoms with Gasteiger partial charge in [0.1, 0.15) is 0 Å². The Kier molecular flexibility index (Phi) is 7.50. The van der Waals surface area contributed by atoms with E-state index >= 15 is 0 Å². The fraction of sp³-hybridized carbons (Fsp3) is 0.333. The van der Waals surface area contributed by atoms with E-state index in [1.165, 1.54) is 0 Å². The molecule has 0 spiro atoms. The lowest BCUT2D eigenvalue weighted by atomic mass is 10.1. The monoisotopic (exact) mass is 380 g/mol. The van der Waals surface area contributed by atoms with Crippen molar-refractivity contribution in [1.82, 2.24) is 15.6 Å². The number of aliphatic hydroxyl groups excluding tert-OH is 1. The topological polar surface area (TPSA) is 69.5 Å². The maximum Gasteiger partial charge on any atom is 0.191 e. The number of aromatic nitrogens is 1. The number of benzene rings is 1. The van der Waals surface area contributed by atoms with Crippen molar-refractivity contribution in [2.24, 2.45) is 4.99 Å². The van der Waals surface area contributed by atoms with Gasteiger partial charge in [0.15, 0.2) is 5.96 Å². The van der Waals surface area contributed by atoms with Gasteiger partial charge in [-0.1, -0.05) is 29.3 Å². The summed E-state index contributed by atoms with van der Waals surface area (Å²) in [5, 5.41) is 17.6. The first-order chi connectivity index (χ1) is 12.0. The van der Waals surface area contributed by atoms with Crippen LogP contribution < -0.4 is 10.6 Å². The third kappa shape index (κ3) is 6.20. The largest absolute Gasteiger partial charge is 0.387 e. The Bertz CT molecular complexity index is 717. The van der Waals surface area contributed by atoms with E-state index in [2.05, 4.69) is 20.6 Å². The molecule has 0 saturated carbocycles. The molecule has 1 heterocycles. The summed E-state index contributed by atoms with van der Waals surface area (Å²) in [4.78, 5) is 8.85. The van der Waals surface area contributed by atoms with Crippen LogP contribution in [0.15, 0.2) is 41.5 Å². The smallest absolute Gasteiger partial charge is 0.191 e. The van der Waals surface area contributed by atoms with Gasteiger partial charge in [-0.2, -0.15) is 0 Å². The van der Waals surface area contributed by atoms with Gasteiger partial charge in [0.2, 0.25) is 0 Å². The molecule has 0 saturated heterocycles. The molecule has 1 aromatic carbocycles. The van der Waals surface area contributed by atoms with Crippen LogP contribution in [0.3, 0.4) is 0 Å². The van der Waals surface area contributed by atoms with Crippen molar-refractivity contribution in [3.05, 3.63) is 63.4 Å². The van der Waals surface area contributed by atoms with Crippen LogP contribution in [0.4, 0.5) is 0 Å². The molecule has 0 bridgehead atoms. The molecule has 1 unspecified atom stereocenters. The average molecular weight is 381 g/mol. The van der Waals surface area contributed by atoms with Crippen LogP contribution >= 0.6 is 23.2 Å². The van der Waals surface area contributed by atoms with Crippen molar-refractivity contribution in [1.29, 1.82) is 0 Å². The molecule has 25 heavy (non-hydrogen) atoms. The molecular weight excluding hydrogens is 359 g/mol. The molecule has 1 aromatic heterocycles. The number of aliphatic imine (C=N–C) groups is 1. The van der Waals surface area contributed by atoms with Crippen molar-refractivity contribution < 1.29 is 5.11 Å². The maximum atomic E-state index is 10.3. The summed E-state index contributed by atoms with van der Waals surface area (Å²) in [5.74, 6) is 0.611. The predicted octanol–water partition coefficient (Wildman–Crippen LogP) is 3.49. The molecule has 0 aliphatic rings. The third-order valence-corrected chi connectivity index (χ3v) is 4.02. The Morgan fingerprint density at radius 2 is 1.96 bits per heavy atom. The first-order valence-electron chi connectivity index (χ1n) is 8.06. The number of aliphatic hydroxyl groups is 1. The van der Waals surface area contributed by atoms with E-state index in [4.69, 9.17) is 23.2 Å². The van der Waals surface area contributed by atoms with E-state index in [0.717, 1.165) is 11.3 Å². The number of aryl methyl sites for hydroxylation is 1. The highest BCUT2D eigenvalue weighted by Gasteiger charge is 2.10. The summed E-state index contributed by atoms with van der Waals surface area (Å²) in [6, 6.07) is 8.93. The molecule has 2 rings (SSSR count). The quantitative estimate of drug-likeness (QED) is 0.529. The van der Waals surface area contributed by atoms with Gasteiger partial charge in [-0.3, -0.25) is 4.98 Å². The Balaban J connectivity index is 2.01. The van der Waals surface area contributed by atoms with Gasteiger partial charge in [0, 0.05) is 29.3 Å². The first-order valence-corrected chi connectivity index (χ1v) is 8.82. The number of guanidine groups is 1. The van der Waals surface area contributed by atoms with Crippen LogP contribution in [-0.4, -0.2) is 29.1 Å². The highest BCUT2D eigenvalue weighted by molar-refractivity contribution is 6.34. The standard InChI is InChI=1S/C18H22Cl2N4O/c1-3-21-18(23-10-16-12(2)5-4-6-22-16)24-11-17(25)13-7-14(19)9-15(20)8-13/h4-9,17,25H,3,10-11H2,1-2H3,(H2,21,23,24). The molecule has 5 nitrogen and oxygen atoms in total. The second-order valence-electron chi connectivity index (χ2n) is 5.56. The van der Waals surface area contributed by atoms with Crippen LogP contribution in [-0.2, 0) is 6.54 Å². The normalized spacial score (nSPS) is 12.8. The molecule has 7 heteroatoms. The summed E-state index contributed by atoms with van der Waals surface area (Å²) in [6.45, 7) is 5.44. The Hall–Kier alpha value is -1.82. The van der Waals surface area contributed by atoms with Crippen molar-refractivity contribution in [3.8, 4) is 0 Å². The van der Waals surface area contributed by atoms with Gasteiger partial charge in [-0.05, 0) is 49.2 Å². The Morgan fingerprint density at radius 1 is 1.24 bits per heavy atom. The van der Waals surface area contributed by atoms with Crippen LogP contribution in [0.1, 0.15) is 29.8 Å². The Morgan fingerprint density at radius 3 is 2.60 bits per heavy atom. The van der Waals surface area contributed by atoms with Crippen molar-refractivity contribution >= 4 is 29.2 Å². The lowest BCUT2D eigenvalue weighted by Gasteiger charge is -2.16. The van der Waals surface area contributed by atoms with Crippen LogP contribution in [0.2, 0.25) is 10.0 Å². The van der Waals surface area contributed by atoms with Gasteiger partial charge in [0.25, 0.3) is 0 Å². The van der Waals surface area contributed by atoms with E-state index in [-0.39, 0.29) is 6.54 Å². The molecule has 134 valence electrons. The van der Waals surface area contributed by atoms with E-state index in [0.29, 0.717) is 34.7 Å². The average Bonchev–Trinajstić information content (AvgIpc) is 2.57. The fourth-order valence-electron chi connectivity index (χ4n) is 2.26. The molecule has 0 fully saturated rings. The lowest BCUT2D eigenvalue weighted by Crippen LogP contribution is -2.39. The van der Waals surface area contributed by atoms with Crippen molar-refractivity contribution in [3.63, 3.8) is 0 Å². The molecule has 0 aliphatic carbocycles. The first kappa shape index (κ1) is 19.5. The van der Waals surface area contributed by atoms with E-state index in [1.54, 1.807) is 24.4 Å². The lowest BCUT2D eigenvalue weighted by molar-refractivity contribution is 0.181. The summed E-state index contributed by atoms with van der Waals surface area (Å²) < 4.78 is 0. The number of hydrogen-bond donors (Lipinski definition) is 3. The minimum atomic E-state index is -0.753. The summed E-state index contributed by atoms with van der Waals surface area (Å²) >= 11 is 12.0. The van der Waals surface area contributed by atoms with Gasteiger partial charge in [-0.15, -0.1) is 0 Å². The van der Waals surface area contributed by atoms with E-state index < -0.39 is 6.10 Å².